The highest BCUT2D eigenvalue weighted by Crippen LogP contribution is 2.33. The van der Waals surface area contributed by atoms with Crippen LogP contribution >= 0.6 is 12.2 Å². The average Bonchev–Trinajstić information content (AvgIpc) is 2.24. The van der Waals surface area contributed by atoms with Crippen molar-refractivity contribution in [3.63, 3.8) is 0 Å². The molecule has 1 aliphatic carbocycles. The Morgan fingerprint density at radius 3 is 2.45 bits per heavy atom. The lowest BCUT2D eigenvalue weighted by molar-refractivity contribution is -0.137. The van der Waals surface area contributed by atoms with Crippen LogP contribution in [0.5, 0.6) is 0 Å². The van der Waals surface area contributed by atoms with Crippen LogP contribution in [0.3, 0.4) is 0 Å². The molecule has 0 spiro atoms. The number of amides is 1. The van der Waals surface area contributed by atoms with Crippen molar-refractivity contribution in [1.82, 2.24) is 0 Å². The third-order valence-corrected chi connectivity index (χ3v) is 3.57. The number of anilines is 1. The van der Waals surface area contributed by atoms with E-state index in [1.54, 1.807) is 0 Å². The van der Waals surface area contributed by atoms with Gasteiger partial charge in [0.25, 0.3) is 0 Å². The number of rotatable bonds is 3. The van der Waals surface area contributed by atoms with E-state index in [0.29, 0.717) is 0 Å². The van der Waals surface area contributed by atoms with Gasteiger partial charge in [0.05, 0.1) is 11.3 Å². The number of carbonyl (C=O) groups is 1. The van der Waals surface area contributed by atoms with Gasteiger partial charge < -0.3 is 11.1 Å². The zero-order valence-corrected chi connectivity index (χ0v) is 11.3. The molecule has 3 N–H and O–H groups in total. The molecule has 0 radical (unpaired) electrons. The molecular weight excluding hydrogens is 289 g/mol. The predicted octanol–water partition coefficient (Wildman–Crippen LogP) is 3.08. The molecule has 108 valence electrons. The van der Waals surface area contributed by atoms with Crippen molar-refractivity contribution in [1.29, 1.82) is 0 Å². The van der Waals surface area contributed by atoms with Crippen LogP contribution in [-0.4, -0.2) is 10.9 Å². The second-order valence-electron chi connectivity index (χ2n) is 4.74. The van der Waals surface area contributed by atoms with Gasteiger partial charge in [-0.15, -0.1) is 0 Å². The van der Waals surface area contributed by atoms with E-state index in [-0.39, 0.29) is 28.1 Å². The maximum absolute atomic E-state index is 12.6. The van der Waals surface area contributed by atoms with Crippen LogP contribution in [0.4, 0.5) is 18.9 Å². The minimum atomic E-state index is -4.48. The van der Waals surface area contributed by atoms with Crippen molar-refractivity contribution in [3.05, 3.63) is 29.3 Å². The standard InChI is InChI=1S/C13H13F3N2OS/c14-13(15,16)8-4-5-10(9(6-8)11(17)20)18-12(19)7-2-1-3-7/h4-7H,1-3H2,(H2,17,20)(H,18,19). The van der Waals surface area contributed by atoms with Gasteiger partial charge >= 0.3 is 6.18 Å². The Morgan fingerprint density at radius 2 is 2.00 bits per heavy atom. The van der Waals surface area contributed by atoms with Gasteiger partial charge in [-0.1, -0.05) is 18.6 Å². The number of thiocarbonyl (C=S) groups is 1. The summed E-state index contributed by atoms with van der Waals surface area (Å²) in [6.45, 7) is 0. The average molecular weight is 302 g/mol. The minimum absolute atomic E-state index is 0.0301. The van der Waals surface area contributed by atoms with Crippen molar-refractivity contribution in [2.45, 2.75) is 25.4 Å². The van der Waals surface area contributed by atoms with Crippen molar-refractivity contribution in [3.8, 4) is 0 Å². The van der Waals surface area contributed by atoms with Crippen molar-refractivity contribution in [2.24, 2.45) is 11.7 Å². The highest BCUT2D eigenvalue weighted by Gasteiger charge is 2.32. The molecule has 0 saturated heterocycles. The lowest BCUT2D eigenvalue weighted by Crippen LogP contribution is -2.29. The molecule has 7 heteroatoms. The summed E-state index contributed by atoms with van der Waals surface area (Å²) in [5.41, 5.74) is 4.85. The fourth-order valence-electron chi connectivity index (χ4n) is 1.94. The van der Waals surface area contributed by atoms with Gasteiger partial charge in [-0.05, 0) is 31.0 Å². The van der Waals surface area contributed by atoms with Crippen LogP contribution in [0.1, 0.15) is 30.4 Å². The SMILES string of the molecule is NC(=S)c1cc(C(F)(F)F)ccc1NC(=O)C1CCC1. The van der Waals surface area contributed by atoms with E-state index in [1.807, 2.05) is 0 Å². The summed E-state index contributed by atoms with van der Waals surface area (Å²) < 4.78 is 37.9. The second-order valence-corrected chi connectivity index (χ2v) is 5.18. The fourth-order valence-corrected chi connectivity index (χ4v) is 2.11. The van der Waals surface area contributed by atoms with Gasteiger partial charge in [0.15, 0.2) is 0 Å². The van der Waals surface area contributed by atoms with Gasteiger partial charge in [-0.3, -0.25) is 4.79 Å². The second kappa shape index (κ2) is 5.40. The van der Waals surface area contributed by atoms with Crippen LogP contribution in [0.15, 0.2) is 18.2 Å². The number of nitrogens with one attached hydrogen (secondary N) is 1. The Morgan fingerprint density at radius 1 is 1.35 bits per heavy atom. The van der Waals surface area contributed by atoms with Crippen molar-refractivity contribution < 1.29 is 18.0 Å². The molecule has 2 rings (SSSR count). The number of benzene rings is 1. The smallest absolute Gasteiger partial charge is 0.389 e. The predicted molar refractivity (Wildman–Crippen MR) is 73.3 cm³/mol. The first-order valence-corrected chi connectivity index (χ1v) is 6.52. The molecule has 1 saturated carbocycles. The molecule has 0 aromatic heterocycles. The number of carbonyl (C=O) groups excluding carboxylic acids is 1. The molecule has 1 aromatic carbocycles. The van der Waals surface area contributed by atoms with Gasteiger partial charge in [-0.2, -0.15) is 13.2 Å². The Labute approximate surface area is 119 Å². The van der Waals surface area contributed by atoms with Gasteiger partial charge in [0.1, 0.15) is 4.99 Å². The molecule has 1 fully saturated rings. The zero-order chi connectivity index (χ0) is 14.9. The molecule has 1 aliphatic rings. The summed E-state index contributed by atoms with van der Waals surface area (Å²) in [5, 5.41) is 2.60. The van der Waals surface area contributed by atoms with Gasteiger partial charge in [-0.25, -0.2) is 0 Å². The number of halogens is 3. The monoisotopic (exact) mass is 302 g/mol. The lowest BCUT2D eigenvalue weighted by atomic mass is 9.84. The van der Waals surface area contributed by atoms with Crippen LogP contribution in [0.2, 0.25) is 0 Å². The summed E-state index contributed by atoms with van der Waals surface area (Å²) >= 11 is 4.75. The number of hydrogen-bond acceptors (Lipinski definition) is 2. The van der Waals surface area contributed by atoms with E-state index in [1.165, 1.54) is 6.07 Å². The lowest BCUT2D eigenvalue weighted by Gasteiger charge is -2.24. The Bertz CT molecular complexity index is 553. The molecule has 1 amide bonds. The largest absolute Gasteiger partial charge is 0.416 e. The van der Waals surface area contributed by atoms with E-state index in [4.69, 9.17) is 18.0 Å². The Balaban J connectivity index is 2.28. The number of hydrogen-bond donors (Lipinski definition) is 2. The van der Waals surface area contributed by atoms with Crippen molar-refractivity contribution >= 4 is 28.8 Å². The van der Waals surface area contributed by atoms with E-state index < -0.39 is 11.7 Å². The summed E-state index contributed by atoms with van der Waals surface area (Å²) in [5.74, 6) is -0.273. The van der Waals surface area contributed by atoms with E-state index in [0.717, 1.165) is 31.4 Å². The van der Waals surface area contributed by atoms with Crippen LogP contribution in [0, 0.1) is 5.92 Å². The zero-order valence-electron chi connectivity index (χ0n) is 10.5. The summed E-state index contributed by atoms with van der Waals surface area (Å²) in [6.07, 6.45) is -1.88. The van der Waals surface area contributed by atoms with Crippen LogP contribution < -0.4 is 11.1 Å². The van der Waals surface area contributed by atoms with E-state index in [9.17, 15) is 18.0 Å². The number of alkyl halides is 3. The van der Waals surface area contributed by atoms with Crippen LogP contribution in [-0.2, 0) is 11.0 Å². The molecule has 0 bridgehead atoms. The third-order valence-electron chi connectivity index (χ3n) is 3.35. The molecular formula is C13H13F3N2OS. The Hall–Kier alpha value is -1.63. The topological polar surface area (TPSA) is 55.1 Å². The normalized spacial score (nSPS) is 15.6. The molecule has 0 aliphatic heterocycles. The first-order chi connectivity index (χ1) is 9.29. The maximum atomic E-state index is 12.6. The van der Waals surface area contributed by atoms with E-state index >= 15 is 0 Å². The van der Waals surface area contributed by atoms with E-state index in [2.05, 4.69) is 5.32 Å². The quantitative estimate of drug-likeness (QED) is 0.844. The molecule has 0 unspecified atom stereocenters. The van der Waals surface area contributed by atoms with Gasteiger partial charge in [0, 0.05) is 11.5 Å². The summed E-state index contributed by atoms with van der Waals surface area (Å²) in [4.78, 5) is 11.7. The fraction of sp³-hybridized carbons (Fsp3) is 0.385. The molecule has 3 nitrogen and oxygen atoms in total. The highest BCUT2D eigenvalue weighted by molar-refractivity contribution is 7.80. The summed E-state index contributed by atoms with van der Waals surface area (Å²) in [7, 11) is 0. The van der Waals surface area contributed by atoms with Crippen LogP contribution in [0.25, 0.3) is 0 Å². The first-order valence-electron chi connectivity index (χ1n) is 6.11. The highest BCUT2D eigenvalue weighted by atomic mass is 32.1. The Kier molecular flexibility index (Phi) is 3.99. The molecule has 0 heterocycles. The summed E-state index contributed by atoms with van der Waals surface area (Å²) in [6, 6.07) is 2.95. The maximum Gasteiger partial charge on any atom is 0.416 e. The minimum Gasteiger partial charge on any atom is -0.389 e. The molecule has 20 heavy (non-hydrogen) atoms. The first kappa shape index (κ1) is 14.8. The third kappa shape index (κ3) is 3.09. The molecule has 1 aromatic rings. The van der Waals surface area contributed by atoms with Gasteiger partial charge in [0.2, 0.25) is 5.91 Å². The van der Waals surface area contributed by atoms with Crippen molar-refractivity contribution in [2.75, 3.05) is 5.32 Å². The number of nitrogens with two attached hydrogens (primary N) is 1. The molecule has 0 atom stereocenters.